The Morgan fingerprint density at radius 3 is 1.97 bits per heavy atom. The molecule has 1 fully saturated rings. The van der Waals surface area contributed by atoms with E-state index in [9.17, 15) is 0 Å². The Morgan fingerprint density at radius 1 is 0.700 bits per heavy atom. The van der Waals surface area contributed by atoms with Crippen LogP contribution in [0.25, 0.3) is 11.1 Å². The fourth-order valence-corrected chi connectivity index (χ4v) is 4.64. The quantitative estimate of drug-likeness (QED) is 0.291. The monoisotopic (exact) mass is 400 g/mol. The molecule has 0 aromatic heterocycles. The summed E-state index contributed by atoms with van der Waals surface area (Å²) in [5.41, 5.74) is 5.20. The van der Waals surface area contributed by atoms with Gasteiger partial charge in [0.1, 0.15) is 0 Å². The van der Waals surface area contributed by atoms with E-state index in [2.05, 4.69) is 74.2 Å². The van der Waals surface area contributed by atoms with Gasteiger partial charge in [-0.15, -0.1) is 0 Å². The van der Waals surface area contributed by atoms with Crippen molar-refractivity contribution in [2.75, 3.05) is 0 Å². The van der Waals surface area contributed by atoms with Crippen LogP contribution in [0.15, 0.2) is 48.5 Å². The summed E-state index contributed by atoms with van der Waals surface area (Å²) in [6.45, 7) is 4.57. The van der Waals surface area contributed by atoms with Gasteiger partial charge in [0, 0.05) is 11.5 Å². The van der Waals surface area contributed by atoms with Gasteiger partial charge in [-0.1, -0.05) is 101 Å². The number of aryl methyl sites for hydroxylation is 1. The Bertz CT molecular complexity index is 777. The molecule has 0 aliphatic heterocycles. The molecule has 0 radical (unpaired) electrons. The second-order valence-electron chi connectivity index (χ2n) is 9.21. The van der Waals surface area contributed by atoms with Crippen LogP contribution in [0.4, 0.5) is 0 Å². The van der Waals surface area contributed by atoms with Crippen LogP contribution in [0.3, 0.4) is 0 Å². The van der Waals surface area contributed by atoms with Crippen molar-refractivity contribution in [2.24, 2.45) is 11.8 Å². The topological polar surface area (TPSA) is 0 Å². The van der Waals surface area contributed by atoms with Crippen molar-refractivity contribution >= 4 is 0 Å². The first-order valence-electron chi connectivity index (χ1n) is 12.5. The van der Waals surface area contributed by atoms with Gasteiger partial charge < -0.3 is 0 Å². The maximum atomic E-state index is 3.56. The highest BCUT2D eigenvalue weighted by Crippen LogP contribution is 2.31. The zero-order chi connectivity index (χ0) is 21.0. The molecule has 0 amide bonds. The fourth-order valence-electron chi connectivity index (χ4n) is 4.64. The summed E-state index contributed by atoms with van der Waals surface area (Å²) in [5.74, 6) is 8.57. The largest absolute Gasteiger partial charge is 0.0945 e. The number of unbranched alkanes of at least 4 members (excludes halogenated alkanes) is 4. The lowest BCUT2D eigenvalue weighted by atomic mass is 9.80. The molecule has 0 heteroatoms. The van der Waals surface area contributed by atoms with Crippen LogP contribution < -0.4 is 0 Å². The summed E-state index contributed by atoms with van der Waals surface area (Å²) in [7, 11) is 0. The van der Waals surface area contributed by atoms with Crippen LogP contribution in [0, 0.1) is 23.7 Å². The number of benzene rings is 2. The molecule has 30 heavy (non-hydrogen) atoms. The fraction of sp³-hybridized carbons (Fsp3) is 0.533. The van der Waals surface area contributed by atoms with Crippen LogP contribution in [0.1, 0.15) is 95.6 Å². The van der Waals surface area contributed by atoms with Crippen molar-refractivity contribution in [3.8, 4) is 23.0 Å². The van der Waals surface area contributed by atoms with E-state index in [1.54, 1.807) is 0 Å². The second-order valence-corrected chi connectivity index (χ2v) is 9.21. The Balaban J connectivity index is 1.49. The molecular formula is C30H40. The molecule has 0 nitrogen and oxygen atoms in total. The van der Waals surface area contributed by atoms with Gasteiger partial charge in [0.2, 0.25) is 0 Å². The maximum absolute atomic E-state index is 3.56. The minimum Gasteiger partial charge on any atom is -0.0945 e. The van der Waals surface area contributed by atoms with Crippen molar-refractivity contribution in [2.45, 2.75) is 90.9 Å². The average molecular weight is 401 g/mol. The summed E-state index contributed by atoms with van der Waals surface area (Å²) < 4.78 is 0. The van der Waals surface area contributed by atoms with Gasteiger partial charge >= 0.3 is 0 Å². The van der Waals surface area contributed by atoms with Crippen molar-refractivity contribution in [3.05, 3.63) is 59.7 Å². The summed E-state index contributed by atoms with van der Waals surface area (Å²) in [6, 6.07) is 18.0. The summed E-state index contributed by atoms with van der Waals surface area (Å²) >= 11 is 0. The van der Waals surface area contributed by atoms with Gasteiger partial charge in [-0.05, 0) is 73.3 Å². The molecule has 1 aliphatic carbocycles. The highest BCUT2D eigenvalue weighted by atomic mass is 14.2. The third kappa shape index (κ3) is 7.36. The normalized spacial score (nSPS) is 18.6. The SMILES string of the molecule is CCCCCCc1ccc(-c2ccc(C#C[C@H]3CC[C@H](CCCC)CC3)cc2)cc1. The van der Waals surface area contributed by atoms with Crippen LogP contribution in [0.2, 0.25) is 0 Å². The average Bonchev–Trinajstić information content (AvgIpc) is 2.81. The minimum absolute atomic E-state index is 0.604. The van der Waals surface area contributed by atoms with Gasteiger partial charge in [0.15, 0.2) is 0 Å². The van der Waals surface area contributed by atoms with Gasteiger partial charge in [0.05, 0.1) is 0 Å². The van der Waals surface area contributed by atoms with Gasteiger partial charge in [-0.3, -0.25) is 0 Å². The third-order valence-electron chi connectivity index (χ3n) is 6.72. The molecule has 0 atom stereocenters. The molecule has 0 N–H and O–H groups in total. The lowest BCUT2D eigenvalue weighted by Gasteiger charge is -2.25. The van der Waals surface area contributed by atoms with E-state index in [-0.39, 0.29) is 0 Å². The Kier molecular flexibility index (Phi) is 9.56. The first-order valence-corrected chi connectivity index (χ1v) is 12.5. The van der Waals surface area contributed by atoms with Crippen LogP contribution >= 0.6 is 0 Å². The molecule has 0 unspecified atom stereocenters. The van der Waals surface area contributed by atoms with E-state index >= 15 is 0 Å². The van der Waals surface area contributed by atoms with Crippen LogP contribution in [0.5, 0.6) is 0 Å². The van der Waals surface area contributed by atoms with Crippen molar-refractivity contribution in [1.29, 1.82) is 0 Å². The second kappa shape index (κ2) is 12.6. The lowest BCUT2D eigenvalue weighted by Crippen LogP contribution is -2.13. The predicted octanol–water partition coefficient (Wildman–Crippen LogP) is 8.82. The molecule has 160 valence electrons. The molecule has 0 bridgehead atoms. The van der Waals surface area contributed by atoms with E-state index in [1.807, 2.05) is 0 Å². The molecule has 3 rings (SSSR count). The smallest absolute Gasteiger partial charge is 0.0245 e. The molecule has 0 saturated heterocycles. The summed E-state index contributed by atoms with van der Waals surface area (Å²) in [4.78, 5) is 0. The zero-order valence-electron chi connectivity index (χ0n) is 19.3. The number of hydrogen-bond donors (Lipinski definition) is 0. The van der Waals surface area contributed by atoms with Gasteiger partial charge in [0.25, 0.3) is 0 Å². The van der Waals surface area contributed by atoms with Crippen molar-refractivity contribution < 1.29 is 0 Å². The Hall–Kier alpha value is -2.00. The minimum atomic E-state index is 0.604. The standard InChI is InChI=1S/C30H40/c1-3-5-7-8-10-26-17-21-29(22-18-26)30-23-19-28(20-24-30)16-15-27-13-11-25(12-14-27)9-6-4-2/h17-25,27H,3-14H2,1-2H3/t25-,27-. The highest BCUT2D eigenvalue weighted by Gasteiger charge is 2.19. The third-order valence-corrected chi connectivity index (χ3v) is 6.72. The Labute approximate surface area is 185 Å². The highest BCUT2D eigenvalue weighted by molar-refractivity contribution is 5.64. The van der Waals surface area contributed by atoms with Crippen LogP contribution in [-0.4, -0.2) is 0 Å². The number of hydrogen-bond acceptors (Lipinski definition) is 0. The van der Waals surface area contributed by atoms with Crippen molar-refractivity contribution in [3.63, 3.8) is 0 Å². The summed E-state index contributed by atoms with van der Waals surface area (Å²) in [5, 5.41) is 0. The van der Waals surface area contributed by atoms with Crippen LogP contribution in [-0.2, 0) is 6.42 Å². The van der Waals surface area contributed by atoms with E-state index < -0.39 is 0 Å². The van der Waals surface area contributed by atoms with E-state index in [0.717, 1.165) is 11.5 Å². The first kappa shape index (κ1) is 22.7. The zero-order valence-corrected chi connectivity index (χ0v) is 19.3. The molecule has 1 saturated carbocycles. The molecule has 0 spiro atoms. The van der Waals surface area contributed by atoms with Gasteiger partial charge in [-0.2, -0.15) is 0 Å². The van der Waals surface area contributed by atoms with E-state index in [0.29, 0.717) is 5.92 Å². The maximum Gasteiger partial charge on any atom is 0.0245 e. The van der Waals surface area contributed by atoms with E-state index in [1.165, 1.54) is 93.7 Å². The lowest BCUT2D eigenvalue weighted by molar-refractivity contribution is 0.296. The number of rotatable bonds is 9. The molecule has 2 aromatic rings. The predicted molar refractivity (Wildman–Crippen MR) is 132 cm³/mol. The summed E-state index contributed by atoms with van der Waals surface area (Å²) in [6.07, 6.45) is 16.0. The molecular weight excluding hydrogens is 360 g/mol. The van der Waals surface area contributed by atoms with Crippen molar-refractivity contribution in [1.82, 2.24) is 0 Å². The van der Waals surface area contributed by atoms with E-state index in [4.69, 9.17) is 0 Å². The molecule has 0 heterocycles. The molecule has 1 aliphatic rings. The Morgan fingerprint density at radius 2 is 1.33 bits per heavy atom. The molecule has 2 aromatic carbocycles. The van der Waals surface area contributed by atoms with Gasteiger partial charge in [-0.25, -0.2) is 0 Å². The first-order chi connectivity index (χ1) is 14.8.